The Morgan fingerprint density at radius 3 is 2.53 bits per heavy atom. The highest BCUT2D eigenvalue weighted by molar-refractivity contribution is 7.17. The Hall–Kier alpha value is -3.06. The zero-order chi connectivity index (χ0) is 21.5. The predicted octanol–water partition coefficient (Wildman–Crippen LogP) is 4.37. The van der Waals surface area contributed by atoms with Crippen molar-refractivity contribution in [3.8, 4) is 10.7 Å². The minimum absolute atomic E-state index is 0.211. The second-order valence-corrected chi connectivity index (χ2v) is 7.96. The normalized spacial score (nSPS) is 12.8. The van der Waals surface area contributed by atoms with Crippen LogP contribution in [0.25, 0.3) is 10.7 Å². The fourth-order valence-corrected chi connectivity index (χ4v) is 3.97. The summed E-state index contributed by atoms with van der Waals surface area (Å²) in [5.41, 5.74) is 2.43. The largest absolute Gasteiger partial charge is 0.448 e. The molecule has 3 aromatic rings. The van der Waals surface area contributed by atoms with Crippen molar-refractivity contribution in [1.29, 1.82) is 0 Å². The summed E-state index contributed by atoms with van der Waals surface area (Å²) in [5.74, 6) is -0.655. The first kappa shape index (κ1) is 21.6. The van der Waals surface area contributed by atoms with Crippen LogP contribution in [0.3, 0.4) is 0 Å². The molecule has 0 bridgehead atoms. The highest BCUT2D eigenvalue weighted by Crippen LogP contribution is 2.27. The van der Waals surface area contributed by atoms with Gasteiger partial charge in [0.1, 0.15) is 9.88 Å². The average Bonchev–Trinajstić information content (AvgIpc) is 3.17. The number of carbonyl (C=O) groups is 2. The molecule has 2 heterocycles. The summed E-state index contributed by atoms with van der Waals surface area (Å²) in [6, 6.07) is 15.6. The first-order valence-electron chi connectivity index (χ1n) is 9.92. The van der Waals surface area contributed by atoms with Gasteiger partial charge in [0, 0.05) is 18.7 Å². The number of hydrogen-bond acceptors (Lipinski definition) is 6. The molecule has 156 valence electrons. The molecule has 0 aliphatic heterocycles. The van der Waals surface area contributed by atoms with Gasteiger partial charge in [0.15, 0.2) is 6.10 Å². The highest BCUT2D eigenvalue weighted by Gasteiger charge is 2.24. The molecule has 0 unspecified atom stereocenters. The summed E-state index contributed by atoms with van der Waals surface area (Å²) < 4.78 is 5.40. The number of thiazole rings is 1. The molecule has 1 aromatic carbocycles. The number of hydrogen-bond donors (Lipinski definition) is 1. The van der Waals surface area contributed by atoms with Crippen LogP contribution in [-0.2, 0) is 9.53 Å². The standard InChI is InChI=1S/C23H25N3O3S/c1-4-17(18-10-6-5-7-11-18)14-25-21(27)16(3)29-23(28)20-15(2)26-22(30-20)19-12-8-9-13-24-19/h5-13,16-17H,4,14H2,1-3H3,(H,25,27)/t16-,17+/m1/s1. The summed E-state index contributed by atoms with van der Waals surface area (Å²) in [6.07, 6.45) is 1.68. The molecule has 2 atom stereocenters. The predicted molar refractivity (Wildman–Crippen MR) is 117 cm³/mol. The van der Waals surface area contributed by atoms with E-state index in [2.05, 4.69) is 34.3 Å². The van der Waals surface area contributed by atoms with E-state index < -0.39 is 12.1 Å². The average molecular weight is 424 g/mol. The Morgan fingerprint density at radius 1 is 1.13 bits per heavy atom. The fourth-order valence-electron chi connectivity index (χ4n) is 3.04. The third-order valence-corrected chi connectivity index (χ3v) is 5.97. The summed E-state index contributed by atoms with van der Waals surface area (Å²) in [5, 5.41) is 3.54. The van der Waals surface area contributed by atoms with E-state index in [0.29, 0.717) is 27.8 Å². The van der Waals surface area contributed by atoms with Gasteiger partial charge in [-0.3, -0.25) is 9.78 Å². The van der Waals surface area contributed by atoms with Crippen LogP contribution in [-0.4, -0.2) is 34.5 Å². The van der Waals surface area contributed by atoms with Crippen LogP contribution in [0.2, 0.25) is 0 Å². The molecule has 0 radical (unpaired) electrons. The quantitative estimate of drug-likeness (QED) is 0.544. The number of nitrogens with zero attached hydrogens (tertiary/aromatic N) is 2. The van der Waals surface area contributed by atoms with Crippen molar-refractivity contribution in [2.24, 2.45) is 0 Å². The van der Waals surface area contributed by atoms with Gasteiger partial charge in [-0.25, -0.2) is 9.78 Å². The van der Waals surface area contributed by atoms with Gasteiger partial charge >= 0.3 is 5.97 Å². The maximum absolute atomic E-state index is 12.6. The maximum atomic E-state index is 12.6. The van der Waals surface area contributed by atoms with Crippen molar-refractivity contribution in [2.75, 3.05) is 6.54 Å². The lowest BCUT2D eigenvalue weighted by molar-refractivity contribution is -0.129. The molecule has 0 saturated carbocycles. The Labute approximate surface area is 180 Å². The van der Waals surface area contributed by atoms with Crippen molar-refractivity contribution in [1.82, 2.24) is 15.3 Å². The van der Waals surface area contributed by atoms with E-state index in [9.17, 15) is 9.59 Å². The van der Waals surface area contributed by atoms with Gasteiger partial charge < -0.3 is 10.1 Å². The summed E-state index contributed by atoms with van der Waals surface area (Å²) >= 11 is 1.21. The second kappa shape index (κ2) is 10.1. The molecule has 7 heteroatoms. The zero-order valence-electron chi connectivity index (χ0n) is 17.3. The number of pyridine rings is 1. The molecular formula is C23H25N3O3S. The summed E-state index contributed by atoms with van der Waals surface area (Å²) in [7, 11) is 0. The van der Waals surface area contributed by atoms with E-state index >= 15 is 0 Å². The lowest BCUT2D eigenvalue weighted by Crippen LogP contribution is -2.38. The van der Waals surface area contributed by atoms with Crippen molar-refractivity contribution < 1.29 is 14.3 Å². The third kappa shape index (κ3) is 5.30. The van der Waals surface area contributed by atoms with Crippen molar-refractivity contribution in [2.45, 2.75) is 39.2 Å². The molecule has 2 aromatic heterocycles. The van der Waals surface area contributed by atoms with E-state index in [1.165, 1.54) is 16.9 Å². The molecule has 0 aliphatic rings. The molecule has 3 rings (SSSR count). The van der Waals surface area contributed by atoms with Crippen LogP contribution in [0, 0.1) is 6.92 Å². The Bertz CT molecular complexity index is 989. The first-order chi connectivity index (χ1) is 14.5. The molecule has 6 nitrogen and oxygen atoms in total. The lowest BCUT2D eigenvalue weighted by atomic mass is 9.96. The molecule has 30 heavy (non-hydrogen) atoms. The van der Waals surface area contributed by atoms with E-state index in [0.717, 1.165) is 6.42 Å². The van der Waals surface area contributed by atoms with Crippen LogP contribution < -0.4 is 5.32 Å². The molecule has 1 amide bonds. The van der Waals surface area contributed by atoms with Crippen LogP contribution in [0.1, 0.15) is 47.1 Å². The van der Waals surface area contributed by atoms with Crippen molar-refractivity contribution >= 4 is 23.2 Å². The Kier molecular flexibility index (Phi) is 7.30. The van der Waals surface area contributed by atoms with Crippen LogP contribution in [0.15, 0.2) is 54.7 Å². The molecule has 0 saturated heterocycles. The van der Waals surface area contributed by atoms with Gasteiger partial charge in [-0.1, -0.05) is 43.3 Å². The first-order valence-corrected chi connectivity index (χ1v) is 10.7. The van der Waals surface area contributed by atoms with E-state index in [4.69, 9.17) is 4.74 Å². The highest BCUT2D eigenvalue weighted by atomic mass is 32.1. The maximum Gasteiger partial charge on any atom is 0.351 e. The van der Waals surface area contributed by atoms with E-state index in [1.54, 1.807) is 20.0 Å². The zero-order valence-corrected chi connectivity index (χ0v) is 18.1. The van der Waals surface area contributed by atoms with Gasteiger partial charge in [-0.2, -0.15) is 0 Å². The number of benzene rings is 1. The molecule has 0 fully saturated rings. The van der Waals surface area contributed by atoms with Gasteiger partial charge in [-0.15, -0.1) is 11.3 Å². The van der Waals surface area contributed by atoms with Gasteiger partial charge in [0.25, 0.3) is 5.91 Å². The number of ether oxygens (including phenoxy) is 1. The molecule has 0 spiro atoms. The number of amides is 1. The van der Waals surface area contributed by atoms with Gasteiger partial charge in [0.2, 0.25) is 0 Å². The SMILES string of the molecule is CC[C@@H](CNC(=O)[C@@H](C)OC(=O)c1sc(-c2ccccn2)nc1C)c1ccccc1. The second-order valence-electron chi connectivity index (χ2n) is 6.96. The minimum Gasteiger partial charge on any atom is -0.448 e. The molecule has 0 aliphatic carbocycles. The van der Waals surface area contributed by atoms with E-state index in [1.807, 2.05) is 36.4 Å². The summed E-state index contributed by atoms with van der Waals surface area (Å²) in [6.45, 7) is 5.90. The van der Waals surface area contributed by atoms with Crippen LogP contribution in [0.5, 0.6) is 0 Å². The van der Waals surface area contributed by atoms with E-state index in [-0.39, 0.29) is 11.8 Å². The monoisotopic (exact) mass is 423 g/mol. The summed E-state index contributed by atoms with van der Waals surface area (Å²) in [4.78, 5) is 34.1. The number of aryl methyl sites for hydroxylation is 1. The number of esters is 1. The number of rotatable bonds is 8. The smallest absolute Gasteiger partial charge is 0.351 e. The van der Waals surface area contributed by atoms with Crippen molar-refractivity contribution in [3.05, 3.63) is 70.9 Å². The lowest BCUT2D eigenvalue weighted by Gasteiger charge is -2.18. The molecular weight excluding hydrogens is 398 g/mol. The van der Waals surface area contributed by atoms with Gasteiger partial charge in [-0.05, 0) is 38.0 Å². The van der Waals surface area contributed by atoms with Crippen LogP contribution in [0.4, 0.5) is 0 Å². The topological polar surface area (TPSA) is 81.2 Å². The third-order valence-electron chi connectivity index (χ3n) is 4.81. The minimum atomic E-state index is -0.898. The number of nitrogens with one attached hydrogen (secondary N) is 1. The van der Waals surface area contributed by atoms with Crippen LogP contribution >= 0.6 is 11.3 Å². The Balaban J connectivity index is 1.59. The molecule has 1 N–H and O–H groups in total. The number of carbonyl (C=O) groups excluding carboxylic acids is 2. The fraction of sp³-hybridized carbons (Fsp3) is 0.304. The number of aromatic nitrogens is 2. The Morgan fingerprint density at radius 2 is 1.87 bits per heavy atom. The van der Waals surface area contributed by atoms with Crippen molar-refractivity contribution in [3.63, 3.8) is 0 Å². The van der Waals surface area contributed by atoms with Gasteiger partial charge in [0.05, 0.1) is 11.4 Å².